The van der Waals surface area contributed by atoms with Gasteiger partial charge in [0.15, 0.2) is 11.1 Å². The van der Waals surface area contributed by atoms with Gasteiger partial charge in [-0.15, -0.1) is 0 Å². The summed E-state index contributed by atoms with van der Waals surface area (Å²) in [4.78, 5) is 22.6. The van der Waals surface area contributed by atoms with Crippen molar-refractivity contribution in [3.63, 3.8) is 0 Å². The maximum absolute atomic E-state index is 12.4. The van der Waals surface area contributed by atoms with Crippen LogP contribution in [0.5, 0.6) is 0 Å². The van der Waals surface area contributed by atoms with Gasteiger partial charge >= 0.3 is 24.3 Å². The molecule has 180 valence electrons. The third-order valence-electron chi connectivity index (χ3n) is 4.51. The summed E-state index contributed by atoms with van der Waals surface area (Å²) in [6.45, 7) is 2.13. The molecule has 0 aliphatic rings. The zero-order valence-corrected chi connectivity index (χ0v) is 17.2. The van der Waals surface area contributed by atoms with Crippen LogP contribution in [0.2, 0.25) is 0 Å². The van der Waals surface area contributed by atoms with Gasteiger partial charge in [0.25, 0.3) is 0 Å². The molecule has 0 rings (SSSR count). The minimum absolute atomic E-state index is 0.684. The summed E-state index contributed by atoms with van der Waals surface area (Å²) in [6.07, 6.45) is -15.1. The number of rotatable bonds is 12. The average molecular weight is 472 g/mol. The molecule has 4 unspecified atom stereocenters. The van der Waals surface area contributed by atoms with Crippen molar-refractivity contribution in [2.24, 2.45) is 22.1 Å². The van der Waals surface area contributed by atoms with Gasteiger partial charge in [0.05, 0.1) is 24.0 Å². The van der Waals surface area contributed by atoms with Crippen molar-refractivity contribution in [1.29, 1.82) is 10.5 Å². The van der Waals surface area contributed by atoms with Crippen LogP contribution in [0, 0.1) is 34.5 Å². The molecule has 0 saturated heterocycles. The molecular formula is C18H22F6N4O4. The summed E-state index contributed by atoms with van der Waals surface area (Å²) in [5.74, 6) is -6.45. The van der Waals surface area contributed by atoms with E-state index in [0.717, 1.165) is 13.8 Å². The van der Waals surface area contributed by atoms with Crippen molar-refractivity contribution >= 4 is 11.9 Å². The third-order valence-corrected chi connectivity index (χ3v) is 4.51. The predicted octanol–water partition coefficient (Wildman–Crippen LogP) is 4.87. The van der Waals surface area contributed by atoms with E-state index in [9.17, 15) is 46.5 Å². The molecule has 0 aromatic carbocycles. The van der Waals surface area contributed by atoms with E-state index in [2.05, 4.69) is 10.2 Å². The Morgan fingerprint density at radius 3 is 1.25 bits per heavy atom. The molecular weight excluding hydrogens is 450 g/mol. The van der Waals surface area contributed by atoms with E-state index in [0.29, 0.717) is 0 Å². The standard InChI is InChI=1S/C18H22F6N4O4/c1-15(9-25,7-11(13(29)30)3-5-17(19,20)21)27-28-16(2,10-26)8-12(14(31)32)4-6-18(22,23)24/h11-12H,3-8H2,1-2H3,(H,29,30)(H,31,32). The van der Waals surface area contributed by atoms with E-state index in [1.165, 1.54) is 0 Å². The SMILES string of the molecule is CC(C#N)(CC(CCC(F)(F)F)C(=O)O)N=NC(C)(C#N)CC(CCC(F)(F)F)C(=O)O. The molecule has 14 heteroatoms. The van der Waals surface area contributed by atoms with Gasteiger partial charge in [0.1, 0.15) is 0 Å². The van der Waals surface area contributed by atoms with Gasteiger partial charge in [0.2, 0.25) is 0 Å². The summed E-state index contributed by atoms with van der Waals surface area (Å²) in [5.41, 5.74) is -3.95. The molecule has 0 saturated carbocycles. The fraction of sp³-hybridized carbons (Fsp3) is 0.778. The number of carbonyl (C=O) groups is 2. The number of azo groups is 1. The van der Waals surface area contributed by atoms with Crippen LogP contribution in [-0.4, -0.2) is 45.6 Å². The van der Waals surface area contributed by atoms with Crippen LogP contribution < -0.4 is 0 Å². The van der Waals surface area contributed by atoms with Gasteiger partial charge in [-0.3, -0.25) is 9.59 Å². The number of hydrogen-bond donors (Lipinski definition) is 2. The van der Waals surface area contributed by atoms with Crippen molar-refractivity contribution < 1.29 is 46.1 Å². The summed E-state index contributed by atoms with van der Waals surface area (Å²) in [7, 11) is 0. The van der Waals surface area contributed by atoms with Gasteiger partial charge in [-0.05, 0) is 26.7 Å². The zero-order chi connectivity index (χ0) is 25.4. The Morgan fingerprint density at radius 2 is 1.06 bits per heavy atom. The van der Waals surface area contributed by atoms with Crippen LogP contribution in [0.25, 0.3) is 0 Å². The molecule has 0 amide bonds. The third kappa shape index (κ3) is 11.5. The van der Waals surface area contributed by atoms with Gasteiger partial charge in [-0.1, -0.05) is 0 Å². The Bertz CT molecular complexity index is 722. The number of aliphatic carboxylic acids is 2. The highest BCUT2D eigenvalue weighted by atomic mass is 19.4. The molecule has 0 bridgehead atoms. The summed E-state index contributed by atoms with van der Waals surface area (Å²) in [5, 5.41) is 44.1. The van der Waals surface area contributed by atoms with Gasteiger partial charge in [-0.2, -0.15) is 47.1 Å². The Balaban J connectivity index is 5.58. The molecule has 4 atom stereocenters. The summed E-state index contributed by atoms with van der Waals surface area (Å²) < 4.78 is 74.5. The van der Waals surface area contributed by atoms with E-state index in [1.54, 1.807) is 12.1 Å². The van der Waals surface area contributed by atoms with Crippen LogP contribution >= 0.6 is 0 Å². The molecule has 0 aromatic heterocycles. The molecule has 0 aliphatic heterocycles. The second kappa shape index (κ2) is 11.1. The van der Waals surface area contributed by atoms with Crippen molar-refractivity contribution in [1.82, 2.24) is 0 Å². The summed E-state index contributed by atoms with van der Waals surface area (Å²) in [6, 6.07) is 3.20. The minimum Gasteiger partial charge on any atom is -0.481 e. The van der Waals surface area contributed by atoms with Crippen LogP contribution in [0.4, 0.5) is 26.3 Å². The average Bonchev–Trinajstić information content (AvgIpc) is 2.65. The van der Waals surface area contributed by atoms with Crippen molar-refractivity contribution in [2.45, 2.75) is 75.8 Å². The smallest absolute Gasteiger partial charge is 0.389 e. The second-order valence-electron chi connectivity index (χ2n) is 7.76. The van der Waals surface area contributed by atoms with Crippen molar-refractivity contribution in [3.05, 3.63) is 0 Å². The first-order valence-corrected chi connectivity index (χ1v) is 9.21. The monoisotopic (exact) mass is 472 g/mol. The predicted molar refractivity (Wildman–Crippen MR) is 95.0 cm³/mol. The lowest BCUT2D eigenvalue weighted by molar-refractivity contribution is -0.151. The highest BCUT2D eigenvalue weighted by molar-refractivity contribution is 5.70. The van der Waals surface area contributed by atoms with Gasteiger partial charge < -0.3 is 10.2 Å². The molecule has 32 heavy (non-hydrogen) atoms. The normalized spacial score (nSPS) is 18.1. The first kappa shape index (κ1) is 29.1. The van der Waals surface area contributed by atoms with E-state index in [1.807, 2.05) is 0 Å². The minimum atomic E-state index is -4.63. The number of hydrogen-bond acceptors (Lipinski definition) is 6. The zero-order valence-electron chi connectivity index (χ0n) is 17.2. The number of carboxylic acids is 2. The van der Waals surface area contributed by atoms with Crippen molar-refractivity contribution in [3.8, 4) is 12.1 Å². The highest BCUT2D eigenvalue weighted by Gasteiger charge is 2.38. The molecule has 0 aliphatic carbocycles. The Labute approximate surface area is 179 Å². The van der Waals surface area contributed by atoms with Gasteiger partial charge in [-0.25, -0.2) is 0 Å². The van der Waals surface area contributed by atoms with E-state index >= 15 is 0 Å². The number of carboxylic acid groups (broad SMARTS) is 2. The number of nitrogens with zero attached hydrogens (tertiary/aromatic N) is 4. The second-order valence-corrected chi connectivity index (χ2v) is 7.76. The molecule has 0 radical (unpaired) electrons. The summed E-state index contributed by atoms with van der Waals surface area (Å²) >= 11 is 0. The van der Waals surface area contributed by atoms with E-state index < -0.39 is 85.7 Å². The Morgan fingerprint density at radius 1 is 0.781 bits per heavy atom. The maximum Gasteiger partial charge on any atom is 0.389 e. The highest BCUT2D eigenvalue weighted by Crippen LogP contribution is 2.33. The van der Waals surface area contributed by atoms with Crippen LogP contribution in [0.3, 0.4) is 0 Å². The fourth-order valence-corrected chi connectivity index (χ4v) is 2.70. The van der Waals surface area contributed by atoms with Crippen LogP contribution in [-0.2, 0) is 9.59 Å². The number of alkyl halides is 6. The molecule has 0 spiro atoms. The fourth-order valence-electron chi connectivity index (χ4n) is 2.70. The van der Waals surface area contributed by atoms with Crippen LogP contribution in [0.1, 0.15) is 52.4 Å². The number of nitriles is 2. The van der Waals surface area contributed by atoms with Gasteiger partial charge in [0, 0.05) is 25.7 Å². The van der Waals surface area contributed by atoms with E-state index in [-0.39, 0.29) is 0 Å². The lowest BCUT2D eigenvalue weighted by Crippen LogP contribution is -2.32. The quantitative estimate of drug-likeness (QED) is 0.306. The molecule has 0 aromatic rings. The molecule has 0 heterocycles. The number of halogens is 6. The van der Waals surface area contributed by atoms with E-state index in [4.69, 9.17) is 10.2 Å². The molecule has 2 N–H and O–H groups in total. The lowest BCUT2D eigenvalue weighted by Gasteiger charge is -2.24. The lowest BCUT2D eigenvalue weighted by atomic mass is 9.87. The first-order chi connectivity index (χ1) is 14.4. The Hall–Kier alpha value is -2.90. The van der Waals surface area contributed by atoms with Crippen molar-refractivity contribution in [2.75, 3.05) is 0 Å². The largest absolute Gasteiger partial charge is 0.481 e. The molecule has 8 nitrogen and oxygen atoms in total. The topological polar surface area (TPSA) is 147 Å². The first-order valence-electron chi connectivity index (χ1n) is 9.21. The molecule has 0 fully saturated rings. The maximum atomic E-state index is 12.4. The van der Waals surface area contributed by atoms with Crippen LogP contribution in [0.15, 0.2) is 10.2 Å². The Kier molecular flexibility index (Phi) is 10.1.